The highest BCUT2D eigenvalue weighted by molar-refractivity contribution is 5.33. The van der Waals surface area contributed by atoms with Gasteiger partial charge in [-0.3, -0.25) is 0 Å². The first-order valence-corrected chi connectivity index (χ1v) is 7.48. The average molecular weight is 301 g/mol. The Bertz CT molecular complexity index is 453. The molecule has 0 unspecified atom stereocenters. The zero-order valence-corrected chi connectivity index (χ0v) is 12.3. The summed E-state index contributed by atoms with van der Waals surface area (Å²) >= 11 is 0. The van der Waals surface area contributed by atoms with Gasteiger partial charge in [-0.05, 0) is 30.7 Å². The van der Waals surface area contributed by atoms with Gasteiger partial charge in [-0.25, -0.2) is 0 Å². The Balaban J connectivity index is 1.94. The third kappa shape index (κ3) is 4.63. The number of alkyl halides is 3. The van der Waals surface area contributed by atoms with E-state index < -0.39 is 6.36 Å². The largest absolute Gasteiger partial charge is 0.573 e. The monoisotopic (exact) mass is 301 g/mol. The second-order valence-electron chi connectivity index (χ2n) is 5.82. The third-order valence-corrected chi connectivity index (χ3v) is 4.43. The second-order valence-corrected chi connectivity index (χ2v) is 5.82. The lowest BCUT2D eigenvalue weighted by molar-refractivity contribution is -0.274. The van der Waals surface area contributed by atoms with E-state index in [0.29, 0.717) is 17.5 Å². The molecule has 5 heteroatoms. The van der Waals surface area contributed by atoms with Crippen molar-refractivity contribution >= 4 is 0 Å². The summed E-state index contributed by atoms with van der Waals surface area (Å²) in [5.74, 6) is -0.116. The van der Waals surface area contributed by atoms with E-state index in [4.69, 9.17) is 0 Å². The summed E-state index contributed by atoms with van der Waals surface area (Å²) in [4.78, 5) is 0. The SMILES string of the molecule is CCC1(CNCc2ccccc2OC(F)(F)F)CCCC1. The lowest BCUT2D eigenvalue weighted by Gasteiger charge is -2.28. The van der Waals surface area contributed by atoms with Crippen LogP contribution in [0, 0.1) is 5.41 Å². The van der Waals surface area contributed by atoms with Crippen LogP contribution in [0.5, 0.6) is 5.75 Å². The predicted molar refractivity (Wildman–Crippen MR) is 76.0 cm³/mol. The predicted octanol–water partition coefficient (Wildman–Crippen LogP) is 4.65. The van der Waals surface area contributed by atoms with Gasteiger partial charge in [0.25, 0.3) is 0 Å². The van der Waals surface area contributed by atoms with Gasteiger partial charge in [0.05, 0.1) is 0 Å². The molecule has 1 saturated carbocycles. The van der Waals surface area contributed by atoms with Gasteiger partial charge >= 0.3 is 6.36 Å². The molecule has 0 atom stereocenters. The molecular formula is C16H22F3NO. The first-order valence-electron chi connectivity index (χ1n) is 7.48. The van der Waals surface area contributed by atoms with Crippen LogP contribution in [-0.4, -0.2) is 12.9 Å². The number of ether oxygens (including phenoxy) is 1. The Morgan fingerprint density at radius 1 is 1.19 bits per heavy atom. The fourth-order valence-corrected chi connectivity index (χ4v) is 3.12. The number of rotatable bonds is 6. The minimum atomic E-state index is -4.65. The Morgan fingerprint density at radius 3 is 2.48 bits per heavy atom. The van der Waals surface area contributed by atoms with Crippen molar-refractivity contribution < 1.29 is 17.9 Å². The molecule has 2 rings (SSSR count). The van der Waals surface area contributed by atoms with Gasteiger partial charge in [-0.2, -0.15) is 0 Å². The van der Waals surface area contributed by atoms with Crippen LogP contribution in [0.15, 0.2) is 24.3 Å². The number of nitrogens with one attached hydrogen (secondary N) is 1. The maximum atomic E-state index is 12.4. The van der Waals surface area contributed by atoms with Crippen molar-refractivity contribution in [3.8, 4) is 5.75 Å². The minimum Gasteiger partial charge on any atom is -0.405 e. The number of halogens is 3. The van der Waals surface area contributed by atoms with Crippen LogP contribution < -0.4 is 10.1 Å². The first kappa shape index (κ1) is 16.1. The van der Waals surface area contributed by atoms with Crippen LogP contribution in [0.3, 0.4) is 0 Å². The number of para-hydroxylation sites is 1. The molecule has 21 heavy (non-hydrogen) atoms. The van der Waals surface area contributed by atoms with Gasteiger partial charge in [0.2, 0.25) is 0 Å². The molecular weight excluding hydrogens is 279 g/mol. The summed E-state index contributed by atoms with van der Waals surface area (Å²) in [6.07, 6.45) is 1.38. The molecule has 1 fully saturated rings. The van der Waals surface area contributed by atoms with Crippen molar-refractivity contribution in [3.63, 3.8) is 0 Å². The van der Waals surface area contributed by atoms with Crippen molar-refractivity contribution in [1.82, 2.24) is 5.32 Å². The van der Waals surface area contributed by atoms with E-state index in [2.05, 4.69) is 17.0 Å². The smallest absolute Gasteiger partial charge is 0.405 e. The molecule has 0 saturated heterocycles. The van der Waals surface area contributed by atoms with E-state index in [1.807, 2.05) is 0 Å². The van der Waals surface area contributed by atoms with E-state index in [9.17, 15) is 13.2 Å². The zero-order valence-electron chi connectivity index (χ0n) is 12.3. The van der Waals surface area contributed by atoms with Crippen LogP contribution in [-0.2, 0) is 6.54 Å². The van der Waals surface area contributed by atoms with Gasteiger partial charge < -0.3 is 10.1 Å². The standard InChI is InChI=1S/C16H22F3NO/c1-2-15(9-5-6-10-15)12-20-11-13-7-3-4-8-14(13)21-16(17,18)19/h3-4,7-8,20H,2,5-6,9-12H2,1H3. The van der Waals surface area contributed by atoms with Crippen LogP contribution in [0.25, 0.3) is 0 Å². The average Bonchev–Trinajstić information content (AvgIpc) is 2.88. The Hall–Kier alpha value is -1.23. The van der Waals surface area contributed by atoms with Crippen molar-refractivity contribution in [2.24, 2.45) is 5.41 Å². The van der Waals surface area contributed by atoms with Crippen molar-refractivity contribution in [1.29, 1.82) is 0 Å². The highest BCUT2D eigenvalue weighted by atomic mass is 19.4. The summed E-state index contributed by atoms with van der Waals surface area (Å²) in [6, 6.07) is 6.30. The zero-order chi connectivity index (χ0) is 15.3. The molecule has 0 amide bonds. The van der Waals surface area contributed by atoms with E-state index in [0.717, 1.165) is 13.0 Å². The highest BCUT2D eigenvalue weighted by Gasteiger charge is 2.33. The number of hydrogen-bond acceptors (Lipinski definition) is 2. The molecule has 0 spiro atoms. The molecule has 0 aliphatic heterocycles. The lowest BCUT2D eigenvalue weighted by atomic mass is 9.83. The maximum absolute atomic E-state index is 12.4. The fraction of sp³-hybridized carbons (Fsp3) is 0.625. The van der Waals surface area contributed by atoms with E-state index in [1.165, 1.54) is 31.7 Å². The molecule has 0 aromatic heterocycles. The number of benzene rings is 1. The van der Waals surface area contributed by atoms with Gasteiger partial charge in [-0.15, -0.1) is 13.2 Å². The van der Waals surface area contributed by atoms with E-state index >= 15 is 0 Å². The van der Waals surface area contributed by atoms with Crippen molar-refractivity contribution in [3.05, 3.63) is 29.8 Å². The molecule has 1 aliphatic rings. The topological polar surface area (TPSA) is 21.3 Å². The number of hydrogen-bond donors (Lipinski definition) is 1. The van der Waals surface area contributed by atoms with E-state index in [-0.39, 0.29) is 5.75 Å². The fourth-order valence-electron chi connectivity index (χ4n) is 3.12. The molecule has 0 radical (unpaired) electrons. The van der Waals surface area contributed by atoms with Crippen LogP contribution in [0.1, 0.15) is 44.6 Å². The summed E-state index contributed by atoms with van der Waals surface area (Å²) in [5.41, 5.74) is 0.860. The Kier molecular flexibility index (Phi) is 5.14. The van der Waals surface area contributed by atoms with Crippen LogP contribution in [0.2, 0.25) is 0 Å². The summed E-state index contributed by atoms with van der Waals surface area (Å²) in [5, 5.41) is 3.31. The molecule has 1 aliphatic carbocycles. The van der Waals surface area contributed by atoms with Gasteiger partial charge in [0.1, 0.15) is 5.75 Å². The minimum absolute atomic E-state index is 0.116. The second kappa shape index (κ2) is 6.69. The van der Waals surface area contributed by atoms with Crippen molar-refractivity contribution in [2.45, 2.75) is 51.9 Å². The Labute approximate surface area is 123 Å². The molecule has 1 N–H and O–H groups in total. The normalized spacial score (nSPS) is 17.9. The molecule has 1 aromatic carbocycles. The van der Waals surface area contributed by atoms with E-state index in [1.54, 1.807) is 18.2 Å². The summed E-state index contributed by atoms with van der Waals surface area (Å²) < 4.78 is 41.2. The highest BCUT2D eigenvalue weighted by Crippen LogP contribution is 2.40. The van der Waals surface area contributed by atoms with Gasteiger partial charge in [0.15, 0.2) is 0 Å². The van der Waals surface area contributed by atoms with Gasteiger partial charge in [-0.1, -0.05) is 38.0 Å². The van der Waals surface area contributed by atoms with Crippen LogP contribution >= 0.6 is 0 Å². The maximum Gasteiger partial charge on any atom is 0.573 e. The molecule has 0 heterocycles. The first-order chi connectivity index (χ1) is 9.94. The summed E-state index contributed by atoms with van der Waals surface area (Å²) in [7, 11) is 0. The molecule has 1 aromatic rings. The summed E-state index contributed by atoms with van der Waals surface area (Å²) in [6.45, 7) is 3.44. The molecule has 0 bridgehead atoms. The van der Waals surface area contributed by atoms with Crippen LogP contribution in [0.4, 0.5) is 13.2 Å². The lowest BCUT2D eigenvalue weighted by Crippen LogP contribution is -2.31. The van der Waals surface area contributed by atoms with Crippen molar-refractivity contribution in [2.75, 3.05) is 6.54 Å². The quantitative estimate of drug-likeness (QED) is 0.826. The third-order valence-electron chi connectivity index (χ3n) is 4.43. The van der Waals surface area contributed by atoms with Gasteiger partial charge in [0, 0.05) is 18.7 Å². The molecule has 2 nitrogen and oxygen atoms in total. The Morgan fingerprint density at radius 2 is 1.86 bits per heavy atom. The molecule has 118 valence electrons.